The maximum Gasteiger partial charge on any atom is 0.330 e. The minimum atomic E-state index is -3.00. The Labute approximate surface area is 112 Å². The van der Waals surface area contributed by atoms with E-state index in [4.69, 9.17) is 9.05 Å². The first-order chi connectivity index (χ1) is 9.18. The van der Waals surface area contributed by atoms with Crippen molar-refractivity contribution in [1.29, 1.82) is 0 Å². The molecule has 0 fully saturated rings. The van der Waals surface area contributed by atoms with Crippen LogP contribution < -0.4 is 0 Å². The third-order valence-electron chi connectivity index (χ3n) is 2.75. The van der Waals surface area contributed by atoms with Crippen LogP contribution in [0, 0.1) is 0 Å². The summed E-state index contributed by atoms with van der Waals surface area (Å²) >= 11 is 0. The summed E-state index contributed by atoms with van der Waals surface area (Å²) in [6.45, 7) is 4.38. The first-order valence-electron chi connectivity index (χ1n) is 6.35. The zero-order chi connectivity index (χ0) is 13.7. The average Bonchev–Trinajstić information content (AvgIpc) is 2.85. The lowest BCUT2D eigenvalue weighted by Crippen LogP contribution is -2.03. The molecule has 0 aliphatic carbocycles. The highest BCUT2D eigenvalue weighted by molar-refractivity contribution is 7.53. The van der Waals surface area contributed by atoms with Crippen LogP contribution in [0.2, 0.25) is 0 Å². The molecule has 19 heavy (non-hydrogen) atoms. The normalized spacial score (nSPS) is 12.1. The molecule has 2 aromatic rings. The van der Waals surface area contributed by atoms with Gasteiger partial charge in [0.15, 0.2) is 0 Å². The van der Waals surface area contributed by atoms with Crippen LogP contribution in [0.4, 0.5) is 0 Å². The number of nitrogens with zero attached hydrogens (tertiary/aromatic N) is 2. The van der Waals surface area contributed by atoms with Gasteiger partial charge >= 0.3 is 7.60 Å². The number of rotatable bonds is 7. The Morgan fingerprint density at radius 3 is 2.68 bits per heavy atom. The van der Waals surface area contributed by atoms with Crippen molar-refractivity contribution in [2.75, 3.05) is 19.4 Å². The number of benzene rings is 1. The average molecular weight is 283 g/mol. The summed E-state index contributed by atoms with van der Waals surface area (Å²) in [7, 11) is -3.00. The Morgan fingerprint density at radius 2 is 2.00 bits per heavy atom. The fraction of sp³-hybridized carbons (Fsp3) is 0.500. The van der Waals surface area contributed by atoms with Gasteiger partial charge in [0.1, 0.15) is 5.52 Å². The van der Waals surface area contributed by atoms with Gasteiger partial charge in [-0.05, 0) is 31.9 Å². The lowest BCUT2D eigenvalue weighted by Gasteiger charge is -2.16. The highest BCUT2D eigenvalue weighted by Gasteiger charge is 2.23. The number of aromatic amines is 1. The van der Waals surface area contributed by atoms with Gasteiger partial charge in [-0.3, -0.25) is 9.66 Å². The summed E-state index contributed by atoms with van der Waals surface area (Å²) in [6.07, 6.45) is 0.932. The van der Waals surface area contributed by atoms with Gasteiger partial charge in [0.05, 0.1) is 24.9 Å². The number of hydrogen-bond acceptors (Lipinski definition) is 5. The standard InChI is InChI=1S/C12H18N3O3P/c1-3-17-19(16,18-4-2)9-8-10-6-5-7-11-12(10)14-15-13-11/h5-7H,3-4,8-9H2,1-2H3,(H,13,14,15). The molecular weight excluding hydrogens is 265 g/mol. The molecule has 2 rings (SSSR count). The van der Waals surface area contributed by atoms with E-state index in [1.807, 2.05) is 32.0 Å². The van der Waals surface area contributed by atoms with E-state index in [1.54, 1.807) is 0 Å². The molecule has 6 nitrogen and oxygen atoms in total. The molecule has 0 aliphatic rings. The molecule has 0 saturated heterocycles. The Balaban J connectivity index is 2.12. The van der Waals surface area contributed by atoms with Crippen molar-refractivity contribution in [1.82, 2.24) is 15.4 Å². The molecule has 1 heterocycles. The first kappa shape index (κ1) is 14.2. The number of H-pyrrole nitrogens is 1. The molecule has 7 heteroatoms. The van der Waals surface area contributed by atoms with Crippen molar-refractivity contribution >= 4 is 18.6 Å². The lowest BCUT2D eigenvalue weighted by atomic mass is 10.1. The van der Waals surface area contributed by atoms with Crippen LogP contribution in [0.5, 0.6) is 0 Å². The topological polar surface area (TPSA) is 77.1 Å². The predicted octanol–water partition coefficient (Wildman–Crippen LogP) is 2.77. The van der Waals surface area contributed by atoms with E-state index in [2.05, 4.69) is 15.4 Å². The summed E-state index contributed by atoms with van der Waals surface area (Å²) in [5.74, 6) is 0. The largest absolute Gasteiger partial charge is 0.330 e. The second-order valence-electron chi connectivity index (χ2n) is 4.05. The summed E-state index contributed by atoms with van der Waals surface area (Å²) in [6, 6.07) is 5.78. The van der Waals surface area contributed by atoms with Crippen LogP contribution >= 0.6 is 7.60 Å². The Morgan fingerprint density at radius 1 is 1.26 bits per heavy atom. The second-order valence-corrected chi connectivity index (χ2v) is 6.23. The number of nitrogens with one attached hydrogen (secondary N) is 1. The monoisotopic (exact) mass is 283 g/mol. The van der Waals surface area contributed by atoms with Crippen LogP contribution in [-0.4, -0.2) is 34.8 Å². The van der Waals surface area contributed by atoms with Crippen molar-refractivity contribution in [3.8, 4) is 0 Å². The van der Waals surface area contributed by atoms with Crippen molar-refractivity contribution in [3.63, 3.8) is 0 Å². The fourth-order valence-corrected chi connectivity index (χ4v) is 3.58. The number of hydrogen-bond donors (Lipinski definition) is 1. The van der Waals surface area contributed by atoms with Gasteiger partial charge in [-0.15, -0.1) is 5.10 Å². The minimum Gasteiger partial charge on any atom is -0.309 e. The van der Waals surface area contributed by atoms with Crippen LogP contribution in [0.25, 0.3) is 11.0 Å². The van der Waals surface area contributed by atoms with Crippen molar-refractivity contribution in [2.45, 2.75) is 20.3 Å². The number of fused-ring (bicyclic) bond motifs is 1. The van der Waals surface area contributed by atoms with Crippen LogP contribution in [0.3, 0.4) is 0 Å². The van der Waals surface area contributed by atoms with Crippen molar-refractivity contribution in [3.05, 3.63) is 23.8 Å². The molecule has 0 aliphatic heterocycles. The SMILES string of the molecule is CCOP(=O)(CCc1cccc2[nH]nnc12)OCC. The molecule has 0 bridgehead atoms. The van der Waals surface area contributed by atoms with Gasteiger partial charge in [0, 0.05) is 0 Å². The predicted molar refractivity (Wildman–Crippen MR) is 73.3 cm³/mol. The van der Waals surface area contributed by atoms with E-state index in [1.165, 1.54) is 0 Å². The van der Waals surface area contributed by atoms with Gasteiger partial charge < -0.3 is 9.05 Å². The molecule has 0 spiro atoms. The number of aromatic nitrogens is 3. The molecule has 1 N–H and O–H groups in total. The number of aryl methyl sites for hydroxylation is 1. The Hall–Kier alpha value is -1.23. The third kappa shape index (κ3) is 3.41. The first-order valence-corrected chi connectivity index (χ1v) is 8.08. The van der Waals surface area contributed by atoms with Crippen LogP contribution in [0.1, 0.15) is 19.4 Å². The highest BCUT2D eigenvalue weighted by Crippen LogP contribution is 2.48. The van der Waals surface area contributed by atoms with E-state index < -0.39 is 7.60 Å². The van der Waals surface area contributed by atoms with Gasteiger partial charge in [-0.1, -0.05) is 17.3 Å². The molecule has 1 aromatic heterocycles. The molecule has 104 valence electrons. The highest BCUT2D eigenvalue weighted by atomic mass is 31.2. The summed E-state index contributed by atoms with van der Waals surface area (Å²) in [4.78, 5) is 0. The molecule has 0 unspecified atom stereocenters. The zero-order valence-corrected chi connectivity index (χ0v) is 12.0. The lowest BCUT2D eigenvalue weighted by molar-refractivity contribution is 0.220. The second kappa shape index (κ2) is 6.28. The molecule has 0 atom stereocenters. The quantitative estimate of drug-likeness (QED) is 0.790. The van der Waals surface area contributed by atoms with E-state index in [0.29, 0.717) is 25.8 Å². The minimum absolute atomic E-state index is 0.348. The van der Waals surface area contributed by atoms with E-state index in [9.17, 15) is 4.57 Å². The van der Waals surface area contributed by atoms with E-state index in [0.717, 1.165) is 16.6 Å². The van der Waals surface area contributed by atoms with Gasteiger partial charge in [-0.25, -0.2) is 0 Å². The van der Waals surface area contributed by atoms with Gasteiger partial charge in [0.2, 0.25) is 0 Å². The molecular formula is C12H18N3O3P. The zero-order valence-electron chi connectivity index (χ0n) is 11.1. The molecule has 0 amide bonds. The smallest absolute Gasteiger partial charge is 0.309 e. The van der Waals surface area contributed by atoms with Crippen LogP contribution in [0.15, 0.2) is 18.2 Å². The van der Waals surface area contributed by atoms with Gasteiger partial charge in [0.25, 0.3) is 0 Å². The molecule has 1 aromatic carbocycles. The van der Waals surface area contributed by atoms with E-state index in [-0.39, 0.29) is 0 Å². The van der Waals surface area contributed by atoms with Crippen LogP contribution in [-0.2, 0) is 20.0 Å². The summed E-state index contributed by atoms with van der Waals surface area (Å²) in [5.41, 5.74) is 2.67. The fourth-order valence-electron chi connectivity index (χ4n) is 1.95. The van der Waals surface area contributed by atoms with Gasteiger partial charge in [-0.2, -0.15) is 0 Å². The molecule has 0 saturated carbocycles. The van der Waals surface area contributed by atoms with Crippen molar-refractivity contribution in [2.24, 2.45) is 0 Å². The van der Waals surface area contributed by atoms with E-state index >= 15 is 0 Å². The maximum absolute atomic E-state index is 12.4. The summed E-state index contributed by atoms with van der Waals surface area (Å²) in [5, 5.41) is 10.6. The molecule has 0 radical (unpaired) electrons. The Bertz CT molecular complexity index is 574. The van der Waals surface area contributed by atoms with Crippen molar-refractivity contribution < 1.29 is 13.6 Å². The maximum atomic E-state index is 12.4. The Kier molecular flexibility index (Phi) is 4.69. The summed E-state index contributed by atoms with van der Waals surface area (Å²) < 4.78 is 22.9. The third-order valence-corrected chi connectivity index (χ3v) is 4.82.